The number of carbonyl (C=O) groups is 2. The molecule has 0 spiro atoms. The fourth-order valence-electron chi connectivity index (χ4n) is 2.43. The van der Waals surface area contributed by atoms with Gasteiger partial charge in [0.15, 0.2) is 0 Å². The van der Waals surface area contributed by atoms with Crippen LogP contribution in [0.3, 0.4) is 0 Å². The first-order valence-corrected chi connectivity index (χ1v) is 9.37. The van der Waals surface area contributed by atoms with E-state index in [0.717, 1.165) is 0 Å². The first kappa shape index (κ1) is 21.1. The fourth-order valence-corrected chi connectivity index (χ4v) is 2.77. The summed E-state index contributed by atoms with van der Waals surface area (Å²) in [4.78, 5) is 25.2. The van der Waals surface area contributed by atoms with Gasteiger partial charge in [-0.15, -0.1) is 0 Å². The van der Waals surface area contributed by atoms with Crippen molar-refractivity contribution in [1.82, 2.24) is 5.32 Å². The van der Waals surface area contributed by atoms with E-state index in [0.29, 0.717) is 33.7 Å². The van der Waals surface area contributed by atoms with Crippen molar-refractivity contribution in [3.8, 4) is 5.75 Å². The average Bonchev–Trinajstić information content (AvgIpc) is 2.63. The van der Waals surface area contributed by atoms with Gasteiger partial charge in [0, 0.05) is 10.6 Å². The molecule has 2 rings (SSSR count). The maximum atomic E-state index is 12.7. The van der Waals surface area contributed by atoms with Crippen molar-refractivity contribution in [2.75, 3.05) is 11.9 Å². The molecule has 2 N–H and O–H groups in total. The lowest BCUT2D eigenvalue weighted by Crippen LogP contribution is -2.47. The van der Waals surface area contributed by atoms with Gasteiger partial charge in [-0.25, -0.2) is 0 Å². The molecule has 0 saturated heterocycles. The molecule has 0 heterocycles. The summed E-state index contributed by atoms with van der Waals surface area (Å²) in [6.45, 7) is 6.14. The summed E-state index contributed by atoms with van der Waals surface area (Å²) in [5, 5.41) is 6.32. The molecule has 0 radical (unpaired) electrons. The topological polar surface area (TPSA) is 67.4 Å². The van der Waals surface area contributed by atoms with E-state index in [-0.39, 0.29) is 17.7 Å². The number of ether oxygens (including phenoxy) is 1. The van der Waals surface area contributed by atoms with E-state index >= 15 is 0 Å². The molecular weight excluding hydrogens is 387 g/mol. The number of amides is 2. The monoisotopic (exact) mass is 408 g/mol. The minimum absolute atomic E-state index is 0.130. The van der Waals surface area contributed by atoms with Crippen molar-refractivity contribution < 1.29 is 14.3 Å². The Morgan fingerprint density at radius 1 is 1.07 bits per heavy atom. The van der Waals surface area contributed by atoms with E-state index in [1.165, 1.54) is 0 Å². The number of rotatable bonds is 7. The van der Waals surface area contributed by atoms with Gasteiger partial charge in [-0.2, -0.15) is 0 Å². The third kappa shape index (κ3) is 5.88. The third-order valence-electron chi connectivity index (χ3n) is 3.85. The Bertz CT molecular complexity index is 807. The maximum absolute atomic E-state index is 12.7. The molecule has 0 aliphatic heterocycles. The Kier molecular flexibility index (Phi) is 7.51. The summed E-state index contributed by atoms with van der Waals surface area (Å²) in [5.74, 6) is -0.157. The lowest BCUT2D eigenvalue weighted by atomic mass is 10.0. The lowest BCUT2D eigenvalue weighted by Gasteiger charge is -2.22. The third-order valence-corrected chi connectivity index (χ3v) is 4.41. The highest BCUT2D eigenvalue weighted by Crippen LogP contribution is 2.26. The second-order valence-electron chi connectivity index (χ2n) is 6.27. The standard InChI is InChI=1S/C20H22Cl2N2O3/c1-4-27-15-8-5-13(6-9-15)19(25)24-18(12(2)3)20(26)23-17-11-14(21)7-10-16(17)22/h5-12,18H,4H2,1-3H3,(H,23,26)(H,24,25)/t18-/m0/s1. The SMILES string of the molecule is CCOc1ccc(C(=O)N[C@H](C(=O)Nc2cc(Cl)ccc2Cl)C(C)C)cc1. The summed E-state index contributed by atoms with van der Waals surface area (Å²) in [5.41, 5.74) is 0.841. The average molecular weight is 409 g/mol. The van der Waals surface area contributed by atoms with Gasteiger partial charge in [-0.1, -0.05) is 37.0 Å². The van der Waals surface area contributed by atoms with Gasteiger partial charge in [0.2, 0.25) is 5.91 Å². The predicted molar refractivity (Wildman–Crippen MR) is 109 cm³/mol. The molecule has 0 aliphatic rings. The van der Waals surface area contributed by atoms with E-state index in [4.69, 9.17) is 27.9 Å². The van der Waals surface area contributed by atoms with Crippen LogP contribution in [0.15, 0.2) is 42.5 Å². The van der Waals surface area contributed by atoms with Crippen LogP contribution in [0.2, 0.25) is 10.0 Å². The number of hydrogen-bond donors (Lipinski definition) is 2. The lowest BCUT2D eigenvalue weighted by molar-refractivity contribution is -0.118. The van der Waals surface area contributed by atoms with Crippen LogP contribution < -0.4 is 15.4 Å². The Labute approximate surface area is 169 Å². The molecule has 144 valence electrons. The van der Waals surface area contributed by atoms with Gasteiger partial charge in [-0.3, -0.25) is 9.59 Å². The van der Waals surface area contributed by atoms with E-state index in [2.05, 4.69) is 10.6 Å². The van der Waals surface area contributed by atoms with Gasteiger partial charge >= 0.3 is 0 Å². The number of anilines is 1. The van der Waals surface area contributed by atoms with Crippen molar-refractivity contribution in [3.63, 3.8) is 0 Å². The highest BCUT2D eigenvalue weighted by molar-refractivity contribution is 6.35. The molecule has 0 saturated carbocycles. The Morgan fingerprint density at radius 3 is 2.33 bits per heavy atom. The largest absolute Gasteiger partial charge is 0.494 e. The molecule has 0 aliphatic carbocycles. The molecule has 0 fully saturated rings. The van der Waals surface area contributed by atoms with Crippen LogP contribution in [0.25, 0.3) is 0 Å². The second-order valence-corrected chi connectivity index (χ2v) is 7.11. The van der Waals surface area contributed by atoms with E-state index in [1.54, 1.807) is 42.5 Å². The molecule has 2 amide bonds. The van der Waals surface area contributed by atoms with Crippen LogP contribution in [0.1, 0.15) is 31.1 Å². The van der Waals surface area contributed by atoms with E-state index in [9.17, 15) is 9.59 Å². The van der Waals surface area contributed by atoms with Crippen LogP contribution in [-0.2, 0) is 4.79 Å². The predicted octanol–water partition coefficient (Wildman–Crippen LogP) is 4.79. The van der Waals surface area contributed by atoms with Crippen molar-refractivity contribution in [2.24, 2.45) is 5.92 Å². The highest BCUT2D eigenvalue weighted by Gasteiger charge is 2.25. The smallest absolute Gasteiger partial charge is 0.251 e. The zero-order valence-electron chi connectivity index (χ0n) is 15.4. The van der Waals surface area contributed by atoms with Crippen molar-refractivity contribution in [3.05, 3.63) is 58.1 Å². The molecular formula is C20H22Cl2N2O3. The van der Waals surface area contributed by atoms with Gasteiger partial charge in [-0.05, 0) is 55.3 Å². The first-order valence-electron chi connectivity index (χ1n) is 8.61. The number of hydrogen-bond acceptors (Lipinski definition) is 3. The van der Waals surface area contributed by atoms with Gasteiger partial charge in [0.25, 0.3) is 5.91 Å². The van der Waals surface area contributed by atoms with Crippen molar-refractivity contribution in [2.45, 2.75) is 26.8 Å². The molecule has 2 aromatic rings. The zero-order chi connectivity index (χ0) is 20.0. The Morgan fingerprint density at radius 2 is 1.74 bits per heavy atom. The van der Waals surface area contributed by atoms with Gasteiger partial charge in [0.05, 0.1) is 17.3 Å². The van der Waals surface area contributed by atoms with Gasteiger partial charge < -0.3 is 15.4 Å². The molecule has 2 aromatic carbocycles. The van der Waals surface area contributed by atoms with E-state index in [1.807, 2.05) is 20.8 Å². The molecule has 0 unspecified atom stereocenters. The minimum Gasteiger partial charge on any atom is -0.494 e. The second kappa shape index (κ2) is 9.62. The number of benzene rings is 2. The van der Waals surface area contributed by atoms with Crippen LogP contribution in [0.4, 0.5) is 5.69 Å². The normalized spacial score (nSPS) is 11.8. The van der Waals surface area contributed by atoms with Crippen molar-refractivity contribution in [1.29, 1.82) is 0 Å². The van der Waals surface area contributed by atoms with Crippen LogP contribution in [0.5, 0.6) is 5.75 Å². The summed E-state index contributed by atoms with van der Waals surface area (Å²) >= 11 is 12.0. The summed E-state index contributed by atoms with van der Waals surface area (Å²) in [7, 11) is 0. The first-order chi connectivity index (χ1) is 12.8. The Balaban J connectivity index is 2.10. The minimum atomic E-state index is -0.737. The van der Waals surface area contributed by atoms with Crippen LogP contribution in [-0.4, -0.2) is 24.5 Å². The van der Waals surface area contributed by atoms with E-state index < -0.39 is 6.04 Å². The van der Waals surface area contributed by atoms with Gasteiger partial charge in [0.1, 0.15) is 11.8 Å². The molecule has 7 heteroatoms. The van der Waals surface area contributed by atoms with Crippen LogP contribution >= 0.6 is 23.2 Å². The highest BCUT2D eigenvalue weighted by atomic mass is 35.5. The fraction of sp³-hybridized carbons (Fsp3) is 0.300. The molecule has 0 aromatic heterocycles. The van der Waals surface area contributed by atoms with Crippen molar-refractivity contribution >= 4 is 40.7 Å². The molecule has 27 heavy (non-hydrogen) atoms. The summed E-state index contributed by atoms with van der Waals surface area (Å²) in [6, 6.07) is 10.8. The molecule has 1 atom stereocenters. The number of carbonyl (C=O) groups excluding carboxylic acids is 2. The zero-order valence-corrected chi connectivity index (χ0v) is 16.9. The number of halogens is 2. The maximum Gasteiger partial charge on any atom is 0.251 e. The summed E-state index contributed by atoms with van der Waals surface area (Å²) in [6.07, 6.45) is 0. The number of nitrogens with one attached hydrogen (secondary N) is 2. The quantitative estimate of drug-likeness (QED) is 0.691. The van der Waals surface area contributed by atoms with Crippen LogP contribution in [0, 0.1) is 5.92 Å². The molecule has 0 bridgehead atoms. The molecule has 5 nitrogen and oxygen atoms in total. The Hall–Kier alpha value is -2.24. The summed E-state index contributed by atoms with van der Waals surface area (Å²) < 4.78 is 5.37.